The van der Waals surface area contributed by atoms with Gasteiger partial charge >= 0.3 is 5.69 Å². The number of rotatable bonds is 3. The number of Topliss-reactive ketones (excluding diaryl/α,β-unsaturated/α-hetero) is 1. The Kier molecular flexibility index (Phi) is 4.36. The van der Waals surface area contributed by atoms with Crippen molar-refractivity contribution >= 4 is 28.3 Å². The van der Waals surface area contributed by atoms with Crippen LogP contribution in [0.15, 0.2) is 59.7 Å². The van der Waals surface area contributed by atoms with E-state index in [-0.39, 0.29) is 17.3 Å². The van der Waals surface area contributed by atoms with E-state index in [1.54, 1.807) is 18.3 Å². The molecule has 1 fully saturated rings. The van der Waals surface area contributed by atoms with Gasteiger partial charge in [0.25, 0.3) is 0 Å². The fourth-order valence-electron chi connectivity index (χ4n) is 4.47. The second-order valence-corrected chi connectivity index (χ2v) is 8.16. The van der Waals surface area contributed by atoms with Crippen LogP contribution in [0.25, 0.3) is 39.2 Å². The van der Waals surface area contributed by atoms with Crippen LogP contribution in [-0.4, -0.2) is 43.2 Å². The molecule has 0 saturated carbocycles. The number of nitrogens with one attached hydrogen (secondary N) is 2. The van der Waals surface area contributed by atoms with Gasteiger partial charge in [-0.2, -0.15) is 0 Å². The summed E-state index contributed by atoms with van der Waals surface area (Å²) >= 11 is 0. The van der Waals surface area contributed by atoms with Gasteiger partial charge in [-0.05, 0) is 42.8 Å². The SMILES string of the molecule is O=C1CCCN(c2nccn3c(-c4ccc5[nH]c(=O)[nH]c5c4)c(-c4ccc(F)cc4)nc23)C1. The molecule has 33 heavy (non-hydrogen) atoms. The molecule has 8 nitrogen and oxygen atoms in total. The molecule has 0 radical (unpaired) electrons. The average Bonchev–Trinajstić information content (AvgIpc) is 3.38. The molecule has 1 saturated heterocycles. The summed E-state index contributed by atoms with van der Waals surface area (Å²) < 4.78 is 15.6. The van der Waals surface area contributed by atoms with Gasteiger partial charge in [0, 0.05) is 36.5 Å². The van der Waals surface area contributed by atoms with Crippen molar-refractivity contribution in [2.24, 2.45) is 0 Å². The lowest BCUT2D eigenvalue weighted by molar-refractivity contribution is -0.118. The van der Waals surface area contributed by atoms with Gasteiger partial charge < -0.3 is 14.9 Å². The van der Waals surface area contributed by atoms with E-state index in [4.69, 9.17) is 4.98 Å². The summed E-state index contributed by atoms with van der Waals surface area (Å²) in [5, 5.41) is 0. The van der Waals surface area contributed by atoms with E-state index in [1.807, 2.05) is 33.7 Å². The van der Waals surface area contributed by atoms with E-state index in [1.165, 1.54) is 12.1 Å². The van der Waals surface area contributed by atoms with Gasteiger partial charge in [-0.25, -0.2) is 19.2 Å². The Morgan fingerprint density at radius 2 is 1.76 bits per heavy atom. The van der Waals surface area contributed by atoms with E-state index in [0.29, 0.717) is 41.2 Å². The molecule has 2 aromatic carbocycles. The van der Waals surface area contributed by atoms with Crippen LogP contribution in [0.4, 0.5) is 10.2 Å². The van der Waals surface area contributed by atoms with Gasteiger partial charge in [-0.15, -0.1) is 0 Å². The molecule has 0 aliphatic carbocycles. The second kappa shape index (κ2) is 7.40. The highest BCUT2D eigenvalue weighted by molar-refractivity contribution is 5.90. The third-order valence-corrected chi connectivity index (χ3v) is 5.98. The summed E-state index contributed by atoms with van der Waals surface area (Å²) in [6.45, 7) is 1.03. The highest BCUT2D eigenvalue weighted by atomic mass is 19.1. The largest absolute Gasteiger partial charge is 0.346 e. The minimum Gasteiger partial charge on any atom is -0.346 e. The number of aromatic amines is 2. The standard InChI is InChI=1S/C24H19FN6O2/c25-16-6-3-14(4-7-16)20-21(15-5-8-18-19(12-15)28-24(33)27-18)31-11-9-26-22(23(31)29-20)30-10-1-2-17(32)13-30/h3-9,11-12H,1-2,10,13H2,(H2,27,28,33). The molecule has 164 valence electrons. The Bertz CT molecular complexity index is 1580. The maximum absolute atomic E-state index is 13.6. The molecule has 0 atom stereocenters. The zero-order valence-electron chi connectivity index (χ0n) is 17.5. The third kappa shape index (κ3) is 3.29. The van der Waals surface area contributed by atoms with Gasteiger partial charge in [0.1, 0.15) is 5.82 Å². The Morgan fingerprint density at radius 3 is 2.58 bits per heavy atom. The minimum absolute atomic E-state index is 0.178. The number of ketones is 1. The number of halogens is 1. The molecule has 0 amide bonds. The number of aromatic nitrogens is 5. The lowest BCUT2D eigenvalue weighted by atomic mass is 10.0. The van der Waals surface area contributed by atoms with Crippen molar-refractivity contribution in [1.29, 1.82) is 0 Å². The lowest BCUT2D eigenvalue weighted by Crippen LogP contribution is -2.36. The molecule has 3 aromatic heterocycles. The van der Waals surface area contributed by atoms with Crippen LogP contribution in [0.3, 0.4) is 0 Å². The van der Waals surface area contributed by atoms with Gasteiger partial charge in [0.05, 0.1) is 29.0 Å². The predicted octanol–water partition coefficient (Wildman–Crippen LogP) is 3.54. The maximum atomic E-state index is 13.6. The lowest BCUT2D eigenvalue weighted by Gasteiger charge is -2.26. The number of fused-ring (bicyclic) bond motifs is 2. The summed E-state index contributed by atoms with van der Waals surface area (Å²) in [6.07, 6.45) is 4.87. The first-order valence-electron chi connectivity index (χ1n) is 10.7. The Labute approximate surface area is 186 Å². The smallest absolute Gasteiger partial charge is 0.323 e. The van der Waals surface area contributed by atoms with Gasteiger partial charge in [-0.1, -0.05) is 6.07 Å². The Balaban J connectivity index is 1.62. The molecule has 9 heteroatoms. The van der Waals surface area contributed by atoms with E-state index >= 15 is 0 Å². The van der Waals surface area contributed by atoms with Crippen LogP contribution >= 0.6 is 0 Å². The molecule has 4 heterocycles. The highest BCUT2D eigenvalue weighted by Crippen LogP contribution is 2.36. The quantitative estimate of drug-likeness (QED) is 0.445. The van der Waals surface area contributed by atoms with Crippen molar-refractivity contribution in [3.63, 3.8) is 0 Å². The van der Waals surface area contributed by atoms with Crippen LogP contribution in [-0.2, 0) is 4.79 Å². The monoisotopic (exact) mass is 442 g/mol. The fraction of sp³-hybridized carbons (Fsp3) is 0.167. The number of carbonyl (C=O) groups is 1. The van der Waals surface area contributed by atoms with Crippen molar-refractivity contribution in [3.05, 3.63) is 71.2 Å². The van der Waals surface area contributed by atoms with E-state index in [9.17, 15) is 14.0 Å². The summed E-state index contributed by atoms with van der Waals surface area (Å²) in [5.74, 6) is 0.485. The molecular formula is C24H19FN6O2. The first-order valence-corrected chi connectivity index (χ1v) is 10.7. The van der Waals surface area contributed by atoms with E-state index < -0.39 is 0 Å². The minimum atomic E-state index is -0.329. The number of hydrogen-bond acceptors (Lipinski definition) is 5. The number of imidazole rings is 2. The van der Waals surface area contributed by atoms with Crippen molar-refractivity contribution < 1.29 is 9.18 Å². The zero-order chi connectivity index (χ0) is 22.5. The molecule has 1 aliphatic heterocycles. The molecule has 1 aliphatic rings. The molecule has 5 aromatic rings. The summed E-state index contributed by atoms with van der Waals surface area (Å²) in [6, 6.07) is 11.8. The van der Waals surface area contributed by atoms with Gasteiger partial charge in [0.15, 0.2) is 17.2 Å². The zero-order valence-corrected chi connectivity index (χ0v) is 17.5. The molecule has 2 N–H and O–H groups in total. The molecule has 0 unspecified atom stereocenters. The number of carbonyl (C=O) groups excluding carboxylic acids is 1. The number of hydrogen-bond donors (Lipinski definition) is 2. The predicted molar refractivity (Wildman–Crippen MR) is 123 cm³/mol. The van der Waals surface area contributed by atoms with Crippen molar-refractivity contribution in [2.45, 2.75) is 12.8 Å². The molecular weight excluding hydrogens is 423 g/mol. The number of H-pyrrole nitrogens is 2. The Hall–Kier alpha value is -4.27. The summed E-state index contributed by atoms with van der Waals surface area (Å²) in [5.41, 5.74) is 4.74. The molecule has 6 rings (SSSR count). The fourth-order valence-corrected chi connectivity index (χ4v) is 4.47. The average molecular weight is 442 g/mol. The van der Waals surface area contributed by atoms with Crippen LogP contribution in [0.1, 0.15) is 12.8 Å². The first kappa shape index (κ1) is 19.4. The summed E-state index contributed by atoms with van der Waals surface area (Å²) in [7, 11) is 0. The van der Waals surface area contributed by atoms with Crippen LogP contribution in [0.5, 0.6) is 0 Å². The van der Waals surface area contributed by atoms with Crippen molar-refractivity contribution in [2.75, 3.05) is 18.0 Å². The molecule has 0 spiro atoms. The normalized spacial score (nSPS) is 14.5. The highest BCUT2D eigenvalue weighted by Gasteiger charge is 2.24. The number of piperidine rings is 1. The van der Waals surface area contributed by atoms with Crippen LogP contribution in [0.2, 0.25) is 0 Å². The first-order chi connectivity index (χ1) is 16.1. The van der Waals surface area contributed by atoms with Crippen LogP contribution in [0, 0.1) is 5.82 Å². The van der Waals surface area contributed by atoms with Crippen molar-refractivity contribution in [1.82, 2.24) is 24.3 Å². The summed E-state index contributed by atoms with van der Waals surface area (Å²) in [4.78, 5) is 40.8. The van der Waals surface area contributed by atoms with Crippen LogP contribution < -0.4 is 10.6 Å². The topological polar surface area (TPSA) is 99.1 Å². The van der Waals surface area contributed by atoms with Crippen molar-refractivity contribution in [3.8, 4) is 22.5 Å². The number of benzene rings is 2. The van der Waals surface area contributed by atoms with E-state index in [2.05, 4.69) is 15.0 Å². The second-order valence-electron chi connectivity index (χ2n) is 8.16. The van der Waals surface area contributed by atoms with Gasteiger partial charge in [-0.3, -0.25) is 9.20 Å². The number of anilines is 1. The van der Waals surface area contributed by atoms with E-state index in [0.717, 1.165) is 29.8 Å². The third-order valence-electron chi connectivity index (χ3n) is 5.98. The number of nitrogens with zero attached hydrogens (tertiary/aromatic N) is 4. The Morgan fingerprint density at radius 1 is 0.970 bits per heavy atom. The maximum Gasteiger partial charge on any atom is 0.323 e. The molecule has 0 bridgehead atoms. The van der Waals surface area contributed by atoms with Gasteiger partial charge in [0.2, 0.25) is 0 Å².